The molecule has 1 aromatic carbocycles. The Labute approximate surface area is 118 Å². The molecule has 2 aliphatic rings. The number of aryl methyl sites for hydroxylation is 2. The van der Waals surface area contributed by atoms with Crippen molar-refractivity contribution in [2.24, 2.45) is 0 Å². The smallest absolute Gasteiger partial charge is 0.185 e. The highest BCUT2D eigenvalue weighted by Crippen LogP contribution is 2.39. The average Bonchev–Trinajstić information content (AvgIpc) is 3.18. The maximum atomic E-state index is 4.31. The van der Waals surface area contributed by atoms with Crippen LogP contribution in [0.3, 0.4) is 0 Å². The van der Waals surface area contributed by atoms with Crippen LogP contribution < -0.4 is 5.32 Å². The van der Waals surface area contributed by atoms with Crippen molar-refractivity contribution >= 4 is 0 Å². The summed E-state index contributed by atoms with van der Waals surface area (Å²) in [4.78, 5) is 0. The molecule has 2 heterocycles. The van der Waals surface area contributed by atoms with Gasteiger partial charge in [-0.2, -0.15) is 5.21 Å². The van der Waals surface area contributed by atoms with Gasteiger partial charge in [-0.1, -0.05) is 23.4 Å². The van der Waals surface area contributed by atoms with Gasteiger partial charge in [-0.15, -0.1) is 10.2 Å². The Bertz CT molecular complexity index is 599. The Morgan fingerprint density at radius 3 is 2.70 bits per heavy atom. The van der Waals surface area contributed by atoms with Crippen LogP contribution in [0.1, 0.15) is 41.8 Å². The minimum atomic E-state index is -0.0735. The third kappa shape index (κ3) is 1.77. The van der Waals surface area contributed by atoms with Gasteiger partial charge in [-0.3, -0.25) is 0 Å². The summed E-state index contributed by atoms with van der Waals surface area (Å²) >= 11 is 0. The molecule has 0 amide bonds. The van der Waals surface area contributed by atoms with Crippen molar-refractivity contribution in [1.29, 1.82) is 0 Å². The third-order valence-corrected chi connectivity index (χ3v) is 4.88. The molecule has 1 aliphatic heterocycles. The van der Waals surface area contributed by atoms with Crippen LogP contribution in [0.2, 0.25) is 0 Å². The first kappa shape index (κ1) is 12.0. The van der Waals surface area contributed by atoms with Crippen LogP contribution in [0.5, 0.6) is 0 Å². The third-order valence-electron chi connectivity index (χ3n) is 4.88. The SMILES string of the molecule is c1cc2c(cc1C1(c3nn[nH]n3)CCNCC1)CCC2. The molecule has 4 rings (SSSR count). The highest BCUT2D eigenvalue weighted by Gasteiger charge is 2.39. The lowest BCUT2D eigenvalue weighted by Crippen LogP contribution is -2.41. The maximum absolute atomic E-state index is 4.31. The van der Waals surface area contributed by atoms with E-state index in [1.54, 1.807) is 0 Å². The molecule has 0 bridgehead atoms. The molecule has 0 saturated carbocycles. The molecule has 1 fully saturated rings. The summed E-state index contributed by atoms with van der Waals surface area (Å²) in [5.41, 5.74) is 4.33. The van der Waals surface area contributed by atoms with Gasteiger partial charge in [0.05, 0.1) is 5.41 Å². The molecule has 5 nitrogen and oxygen atoms in total. The number of piperidine rings is 1. The van der Waals surface area contributed by atoms with E-state index in [2.05, 4.69) is 44.1 Å². The van der Waals surface area contributed by atoms with E-state index in [0.717, 1.165) is 31.8 Å². The number of aromatic amines is 1. The first-order valence-electron chi connectivity index (χ1n) is 7.45. The van der Waals surface area contributed by atoms with Crippen molar-refractivity contribution in [1.82, 2.24) is 25.9 Å². The summed E-state index contributed by atoms with van der Waals surface area (Å²) in [5, 5.41) is 18.5. The summed E-state index contributed by atoms with van der Waals surface area (Å²) in [7, 11) is 0. The summed E-state index contributed by atoms with van der Waals surface area (Å²) in [6, 6.07) is 6.98. The zero-order valence-corrected chi connectivity index (χ0v) is 11.5. The van der Waals surface area contributed by atoms with E-state index in [-0.39, 0.29) is 5.41 Å². The molecular weight excluding hydrogens is 250 g/mol. The molecule has 1 saturated heterocycles. The first-order valence-corrected chi connectivity index (χ1v) is 7.45. The molecule has 1 aromatic heterocycles. The largest absolute Gasteiger partial charge is 0.317 e. The van der Waals surface area contributed by atoms with Crippen molar-refractivity contribution in [3.8, 4) is 0 Å². The molecular formula is C15H19N5. The number of hydrogen-bond acceptors (Lipinski definition) is 4. The standard InChI is InChI=1S/C15H19N5/c1-2-11-4-5-13(10-12(11)3-1)15(6-8-16-9-7-15)14-17-19-20-18-14/h4-5,10,16H,1-3,6-9H2,(H,17,18,19,20). The second-order valence-corrected chi connectivity index (χ2v) is 5.90. The lowest BCUT2D eigenvalue weighted by atomic mass is 9.72. The number of rotatable bonds is 2. The van der Waals surface area contributed by atoms with Crippen LogP contribution in [0.4, 0.5) is 0 Å². The van der Waals surface area contributed by atoms with Gasteiger partial charge in [0.2, 0.25) is 0 Å². The minimum Gasteiger partial charge on any atom is -0.317 e. The second kappa shape index (κ2) is 4.66. The Balaban J connectivity index is 1.82. The van der Waals surface area contributed by atoms with E-state index < -0.39 is 0 Å². The number of nitrogens with one attached hydrogen (secondary N) is 2. The Morgan fingerprint density at radius 2 is 1.90 bits per heavy atom. The molecule has 20 heavy (non-hydrogen) atoms. The van der Waals surface area contributed by atoms with Gasteiger partial charge in [0.25, 0.3) is 0 Å². The van der Waals surface area contributed by atoms with Gasteiger partial charge < -0.3 is 5.32 Å². The number of H-pyrrole nitrogens is 1. The summed E-state index contributed by atoms with van der Waals surface area (Å²) < 4.78 is 0. The van der Waals surface area contributed by atoms with Gasteiger partial charge in [0.1, 0.15) is 0 Å². The van der Waals surface area contributed by atoms with Crippen LogP contribution in [0.15, 0.2) is 18.2 Å². The zero-order chi connectivity index (χ0) is 13.4. The zero-order valence-electron chi connectivity index (χ0n) is 11.5. The molecule has 0 unspecified atom stereocenters. The summed E-state index contributed by atoms with van der Waals surface area (Å²) in [5.74, 6) is 0.844. The van der Waals surface area contributed by atoms with Crippen molar-refractivity contribution in [3.05, 3.63) is 40.7 Å². The predicted octanol–water partition coefficient (Wildman–Crippen LogP) is 1.36. The molecule has 1 aliphatic carbocycles. The van der Waals surface area contributed by atoms with Crippen LogP contribution in [0, 0.1) is 0 Å². The Hall–Kier alpha value is -1.75. The van der Waals surface area contributed by atoms with E-state index in [0.29, 0.717) is 0 Å². The topological polar surface area (TPSA) is 66.5 Å². The molecule has 104 valence electrons. The number of nitrogens with zero attached hydrogens (tertiary/aromatic N) is 3. The summed E-state index contributed by atoms with van der Waals surface area (Å²) in [6.07, 6.45) is 5.79. The number of aromatic nitrogens is 4. The van der Waals surface area contributed by atoms with E-state index in [9.17, 15) is 0 Å². The molecule has 0 atom stereocenters. The van der Waals surface area contributed by atoms with Gasteiger partial charge in [-0.25, -0.2) is 0 Å². The van der Waals surface area contributed by atoms with Crippen LogP contribution in [0.25, 0.3) is 0 Å². The van der Waals surface area contributed by atoms with Gasteiger partial charge >= 0.3 is 0 Å². The number of fused-ring (bicyclic) bond motifs is 1. The Kier molecular flexibility index (Phi) is 2.80. The second-order valence-electron chi connectivity index (χ2n) is 5.90. The lowest BCUT2D eigenvalue weighted by Gasteiger charge is -2.35. The van der Waals surface area contributed by atoms with Crippen LogP contribution >= 0.6 is 0 Å². The maximum Gasteiger partial charge on any atom is 0.185 e. The van der Waals surface area contributed by atoms with Crippen LogP contribution in [-0.2, 0) is 18.3 Å². The number of benzene rings is 1. The van der Waals surface area contributed by atoms with E-state index in [1.807, 2.05) is 0 Å². The van der Waals surface area contributed by atoms with E-state index in [4.69, 9.17) is 0 Å². The monoisotopic (exact) mass is 269 g/mol. The lowest BCUT2D eigenvalue weighted by molar-refractivity contribution is 0.345. The molecule has 5 heteroatoms. The normalized spacial score (nSPS) is 20.8. The molecule has 0 radical (unpaired) electrons. The predicted molar refractivity (Wildman–Crippen MR) is 75.5 cm³/mol. The highest BCUT2D eigenvalue weighted by atomic mass is 15.5. The molecule has 0 spiro atoms. The van der Waals surface area contributed by atoms with Crippen molar-refractivity contribution in [2.75, 3.05) is 13.1 Å². The summed E-state index contributed by atoms with van der Waals surface area (Å²) in [6.45, 7) is 2.01. The fourth-order valence-electron chi connectivity index (χ4n) is 3.73. The number of hydrogen-bond donors (Lipinski definition) is 2. The number of tetrazole rings is 1. The fraction of sp³-hybridized carbons (Fsp3) is 0.533. The average molecular weight is 269 g/mol. The fourth-order valence-corrected chi connectivity index (χ4v) is 3.73. The van der Waals surface area contributed by atoms with Crippen molar-refractivity contribution < 1.29 is 0 Å². The van der Waals surface area contributed by atoms with Crippen molar-refractivity contribution in [2.45, 2.75) is 37.5 Å². The minimum absolute atomic E-state index is 0.0735. The van der Waals surface area contributed by atoms with E-state index in [1.165, 1.54) is 36.0 Å². The molecule has 2 N–H and O–H groups in total. The van der Waals surface area contributed by atoms with E-state index >= 15 is 0 Å². The van der Waals surface area contributed by atoms with Crippen LogP contribution in [-0.4, -0.2) is 33.7 Å². The highest BCUT2D eigenvalue weighted by molar-refractivity contribution is 5.41. The van der Waals surface area contributed by atoms with Crippen molar-refractivity contribution in [3.63, 3.8) is 0 Å². The first-order chi connectivity index (χ1) is 9.88. The van der Waals surface area contributed by atoms with Gasteiger partial charge in [0.15, 0.2) is 5.82 Å². The van der Waals surface area contributed by atoms with Gasteiger partial charge in [-0.05, 0) is 61.9 Å². The van der Waals surface area contributed by atoms with Gasteiger partial charge in [0, 0.05) is 0 Å². The Morgan fingerprint density at radius 1 is 1.05 bits per heavy atom. The molecule has 2 aromatic rings. The quantitative estimate of drug-likeness (QED) is 0.864.